The summed E-state index contributed by atoms with van der Waals surface area (Å²) in [5.41, 5.74) is -0.926. The van der Waals surface area contributed by atoms with Crippen LogP contribution in [-0.4, -0.2) is 96.8 Å². The average Bonchev–Trinajstić information content (AvgIpc) is 3.48. The Kier molecular flexibility index (Phi) is 12.1. The van der Waals surface area contributed by atoms with E-state index in [-0.39, 0.29) is 39.5 Å². The lowest BCUT2D eigenvalue weighted by Crippen LogP contribution is -2.50. The molecule has 5 rings (SSSR count). The first-order valence-corrected chi connectivity index (χ1v) is 17.5. The normalized spacial score (nSPS) is 17.1. The number of likely N-dealkylation sites (N-methyl/N-ethyl adjacent to an activating group) is 1. The van der Waals surface area contributed by atoms with Gasteiger partial charge in [-0.2, -0.15) is 9.97 Å². The van der Waals surface area contributed by atoms with Crippen molar-refractivity contribution in [1.82, 2.24) is 19.8 Å². The molecular formula is C36H46ClF2N5O5. The number of rotatable bonds is 13. The summed E-state index contributed by atoms with van der Waals surface area (Å²) < 4.78 is 50.0. The Morgan fingerprint density at radius 2 is 1.78 bits per heavy atom. The van der Waals surface area contributed by atoms with E-state index in [1.165, 1.54) is 12.1 Å². The number of ether oxygens (including phenoxy) is 3. The molecule has 3 heterocycles. The molecule has 3 aromatic rings. The standard InChI is InChI=1S/C36H46ClF2N5O5/c1-36(2,3)49-35(46)44-18-16-43(17-19-44)33-25-22-26(37)29(30-27(38)13-10-14-28(30)47-21-9-7-5-6-8-20-45)31(39)32(25)40-34(41-33)48-23-24-12-11-15-42(24)4/h10,13-14,20,22,24H,5-9,11-12,15-19,21,23H2,1-4H3/t24-/m0/s1. The van der Waals surface area contributed by atoms with E-state index in [4.69, 9.17) is 30.8 Å². The monoisotopic (exact) mass is 701 g/mol. The maximum Gasteiger partial charge on any atom is 0.410 e. The van der Waals surface area contributed by atoms with Gasteiger partial charge in [0, 0.05) is 49.6 Å². The highest BCUT2D eigenvalue weighted by molar-refractivity contribution is 6.34. The SMILES string of the molecule is CN1CCC[C@H]1COc1nc(N2CCN(C(=O)OC(C)(C)C)CC2)c2cc(Cl)c(-c3c(F)cccc3OCCCCCCC=O)c(F)c2n1. The van der Waals surface area contributed by atoms with Crippen LogP contribution < -0.4 is 14.4 Å². The molecule has 266 valence electrons. The number of anilines is 1. The van der Waals surface area contributed by atoms with E-state index in [1.54, 1.807) is 17.0 Å². The van der Waals surface area contributed by atoms with Gasteiger partial charge in [-0.15, -0.1) is 0 Å². The number of amides is 1. The van der Waals surface area contributed by atoms with Gasteiger partial charge in [0.05, 0.1) is 17.2 Å². The summed E-state index contributed by atoms with van der Waals surface area (Å²) in [5, 5.41) is 0.323. The number of hydrogen-bond acceptors (Lipinski definition) is 9. The number of carbonyl (C=O) groups is 2. The lowest BCUT2D eigenvalue weighted by molar-refractivity contribution is -0.107. The van der Waals surface area contributed by atoms with Gasteiger partial charge in [0.25, 0.3) is 0 Å². The second-order valence-electron chi connectivity index (χ2n) is 13.6. The first kappa shape index (κ1) is 36.5. The van der Waals surface area contributed by atoms with Gasteiger partial charge >= 0.3 is 12.1 Å². The molecule has 1 amide bonds. The third-order valence-electron chi connectivity index (χ3n) is 8.85. The number of aldehydes is 1. The predicted molar refractivity (Wildman–Crippen MR) is 186 cm³/mol. The summed E-state index contributed by atoms with van der Waals surface area (Å²) in [6.07, 6.45) is 6.26. The number of carbonyl (C=O) groups excluding carboxylic acids is 2. The smallest absolute Gasteiger partial charge is 0.410 e. The topological polar surface area (TPSA) is 97.3 Å². The molecule has 2 aliphatic rings. The maximum atomic E-state index is 16.8. The number of halogens is 3. The fourth-order valence-corrected chi connectivity index (χ4v) is 6.50. The molecule has 2 fully saturated rings. The second kappa shape index (κ2) is 16.3. The van der Waals surface area contributed by atoms with Gasteiger partial charge in [-0.1, -0.05) is 30.5 Å². The van der Waals surface area contributed by atoms with Gasteiger partial charge in [0.15, 0.2) is 5.82 Å². The fourth-order valence-electron chi connectivity index (χ4n) is 6.22. The minimum absolute atomic E-state index is 0.00382. The van der Waals surface area contributed by atoms with Crippen LogP contribution in [0.1, 0.15) is 65.7 Å². The molecule has 0 bridgehead atoms. The van der Waals surface area contributed by atoms with E-state index in [9.17, 15) is 9.59 Å². The summed E-state index contributed by atoms with van der Waals surface area (Å²) >= 11 is 6.79. The Hall–Kier alpha value is -3.77. The van der Waals surface area contributed by atoms with Crippen molar-refractivity contribution in [1.29, 1.82) is 0 Å². The molecule has 13 heteroatoms. The van der Waals surface area contributed by atoms with Crippen molar-refractivity contribution in [3.8, 4) is 22.9 Å². The van der Waals surface area contributed by atoms with Gasteiger partial charge < -0.3 is 33.7 Å². The Morgan fingerprint density at radius 3 is 2.47 bits per heavy atom. The predicted octanol–water partition coefficient (Wildman–Crippen LogP) is 7.29. The Bertz CT molecular complexity index is 1630. The van der Waals surface area contributed by atoms with Gasteiger partial charge in [0.1, 0.15) is 41.4 Å². The number of hydrogen-bond donors (Lipinski definition) is 0. The molecule has 0 spiro atoms. The lowest BCUT2D eigenvalue weighted by Gasteiger charge is -2.36. The number of benzene rings is 2. The van der Waals surface area contributed by atoms with Crippen molar-refractivity contribution < 1.29 is 32.6 Å². The minimum Gasteiger partial charge on any atom is -0.493 e. The van der Waals surface area contributed by atoms with E-state index in [0.717, 1.165) is 44.9 Å². The van der Waals surface area contributed by atoms with Crippen molar-refractivity contribution in [3.63, 3.8) is 0 Å². The minimum atomic E-state index is -0.815. The highest BCUT2D eigenvalue weighted by Crippen LogP contribution is 2.43. The first-order chi connectivity index (χ1) is 23.5. The molecule has 0 N–H and O–H groups in total. The van der Waals surface area contributed by atoms with E-state index in [1.807, 2.05) is 32.7 Å². The molecule has 2 aromatic carbocycles. The van der Waals surface area contributed by atoms with Crippen molar-refractivity contribution >= 4 is 40.7 Å². The Balaban J connectivity index is 1.48. The second-order valence-corrected chi connectivity index (χ2v) is 14.1. The summed E-state index contributed by atoms with van der Waals surface area (Å²) in [6.45, 7) is 8.58. The molecule has 0 saturated carbocycles. The zero-order valence-electron chi connectivity index (χ0n) is 28.8. The van der Waals surface area contributed by atoms with Crippen LogP contribution in [-0.2, 0) is 9.53 Å². The highest BCUT2D eigenvalue weighted by Gasteiger charge is 2.30. The molecule has 1 aromatic heterocycles. The zero-order valence-corrected chi connectivity index (χ0v) is 29.5. The van der Waals surface area contributed by atoms with Crippen LogP contribution in [0.4, 0.5) is 19.4 Å². The van der Waals surface area contributed by atoms with Gasteiger partial charge in [-0.25, -0.2) is 13.6 Å². The van der Waals surface area contributed by atoms with E-state index >= 15 is 8.78 Å². The summed E-state index contributed by atoms with van der Waals surface area (Å²) in [5.74, 6) is -0.918. The van der Waals surface area contributed by atoms with Crippen molar-refractivity contribution in [2.24, 2.45) is 0 Å². The van der Waals surface area contributed by atoms with Crippen molar-refractivity contribution in [3.05, 3.63) is 40.9 Å². The molecule has 0 aliphatic carbocycles. The number of aromatic nitrogens is 2. The van der Waals surface area contributed by atoms with Crippen molar-refractivity contribution in [2.45, 2.75) is 77.4 Å². The van der Waals surface area contributed by atoms with Crippen LogP contribution in [0.5, 0.6) is 11.8 Å². The summed E-state index contributed by atoms with van der Waals surface area (Å²) in [6, 6.07) is 6.08. The summed E-state index contributed by atoms with van der Waals surface area (Å²) in [4.78, 5) is 38.3. The van der Waals surface area contributed by atoms with Gasteiger partial charge in [-0.3, -0.25) is 0 Å². The zero-order chi connectivity index (χ0) is 35.1. The van der Waals surface area contributed by atoms with Crippen LogP contribution >= 0.6 is 11.6 Å². The van der Waals surface area contributed by atoms with Crippen LogP contribution in [0.2, 0.25) is 5.02 Å². The number of piperazine rings is 1. The van der Waals surface area contributed by atoms with Gasteiger partial charge in [-0.05, 0) is 78.2 Å². The Labute approximate surface area is 291 Å². The van der Waals surface area contributed by atoms with E-state index in [2.05, 4.69) is 9.88 Å². The molecule has 2 saturated heterocycles. The van der Waals surface area contributed by atoms with Gasteiger partial charge in [0.2, 0.25) is 0 Å². The molecule has 0 radical (unpaired) electrons. The van der Waals surface area contributed by atoms with Crippen LogP contribution in [0.25, 0.3) is 22.0 Å². The molecule has 49 heavy (non-hydrogen) atoms. The first-order valence-electron chi connectivity index (χ1n) is 17.1. The quantitative estimate of drug-likeness (QED) is 0.134. The summed E-state index contributed by atoms with van der Waals surface area (Å²) in [7, 11) is 2.04. The molecular weight excluding hydrogens is 656 g/mol. The number of likely N-dealkylation sites (tertiary alicyclic amines) is 1. The number of unbranched alkanes of at least 4 members (excludes halogenated alkanes) is 4. The molecule has 1 atom stereocenters. The third-order valence-corrected chi connectivity index (χ3v) is 9.15. The van der Waals surface area contributed by atoms with E-state index < -0.39 is 23.3 Å². The van der Waals surface area contributed by atoms with E-state index in [0.29, 0.717) is 63.4 Å². The maximum absolute atomic E-state index is 16.8. The molecule has 0 unspecified atom stereocenters. The molecule has 10 nitrogen and oxygen atoms in total. The third kappa shape index (κ3) is 9.08. The fraction of sp³-hybridized carbons (Fsp3) is 0.556. The van der Waals surface area contributed by atoms with Crippen LogP contribution in [0.15, 0.2) is 24.3 Å². The van der Waals surface area contributed by atoms with Crippen LogP contribution in [0, 0.1) is 11.6 Å². The van der Waals surface area contributed by atoms with Crippen LogP contribution in [0.3, 0.4) is 0 Å². The Morgan fingerprint density at radius 1 is 1.02 bits per heavy atom. The number of nitrogens with zero attached hydrogens (tertiary/aromatic N) is 5. The molecule has 2 aliphatic heterocycles. The number of fused-ring (bicyclic) bond motifs is 1. The highest BCUT2D eigenvalue weighted by atomic mass is 35.5. The largest absolute Gasteiger partial charge is 0.493 e. The average molecular weight is 702 g/mol. The lowest BCUT2D eigenvalue weighted by atomic mass is 10.0. The van der Waals surface area contributed by atoms with Crippen molar-refractivity contribution in [2.75, 3.05) is 57.9 Å².